The lowest BCUT2D eigenvalue weighted by Crippen LogP contribution is -2.24. The highest BCUT2D eigenvalue weighted by Crippen LogP contribution is 2.11. The van der Waals surface area contributed by atoms with Crippen molar-refractivity contribution in [1.82, 2.24) is 0 Å². The van der Waals surface area contributed by atoms with Crippen molar-refractivity contribution in [2.75, 3.05) is 0 Å². The van der Waals surface area contributed by atoms with Gasteiger partial charge in [0.25, 0.3) is 0 Å². The molecule has 0 amide bonds. The highest BCUT2D eigenvalue weighted by atomic mass is 16.6. The monoisotopic (exact) mass is 211 g/mol. The van der Waals surface area contributed by atoms with Crippen LogP contribution < -0.4 is 0 Å². The van der Waals surface area contributed by atoms with Crippen LogP contribution in [0.2, 0.25) is 0 Å². The fraction of sp³-hybridized carbons (Fsp3) is 0.636. The molecule has 0 bridgehead atoms. The number of oxime groups is 1. The average Bonchev–Trinajstić information content (AvgIpc) is 2.63. The molecule has 4 heteroatoms. The first-order chi connectivity index (χ1) is 7.09. The standard InChI is InChI=1S/C11H17NO3/c1-8(2)7-10(11(13)14)15-12-9-5-3-4-6-9/h3-4,8,10H,5-7H2,1-2H3,(H,13,14). The molecule has 0 aromatic carbocycles. The van der Waals surface area contributed by atoms with Crippen molar-refractivity contribution in [1.29, 1.82) is 0 Å². The molecular formula is C11H17NO3. The summed E-state index contributed by atoms with van der Waals surface area (Å²) in [7, 11) is 0. The zero-order valence-corrected chi connectivity index (χ0v) is 9.14. The molecule has 1 aliphatic carbocycles. The van der Waals surface area contributed by atoms with E-state index in [1.54, 1.807) is 0 Å². The van der Waals surface area contributed by atoms with E-state index in [9.17, 15) is 4.79 Å². The Balaban J connectivity index is 2.44. The van der Waals surface area contributed by atoms with E-state index in [0.717, 1.165) is 18.6 Å². The maximum absolute atomic E-state index is 10.8. The molecule has 0 aromatic heterocycles. The lowest BCUT2D eigenvalue weighted by molar-refractivity contribution is -0.151. The Bertz CT molecular complexity index is 272. The van der Waals surface area contributed by atoms with Crippen molar-refractivity contribution < 1.29 is 14.7 Å². The smallest absolute Gasteiger partial charge is 0.347 e. The first kappa shape index (κ1) is 11.8. The predicted molar refractivity (Wildman–Crippen MR) is 57.8 cm³/mol. The molecule has 0 heterocycles. The Morgan fingerprint density at radius 1 is 1.53 bits per heavy atom. The first-order valence-electron chi connectivity index (χ1n) is 5.19. The summed E-state index contributed by atoms with van der Waals surface area (Å²) >= 11 is 0. The molecule has 84 valence electrons. The van der Waals surface area contributed by atoms with E-state index in [1.807, 2.05) is 26.0 Å². The summed E-state index contributed by atoms with van der Waals surface area (Å²) in [6.07, 6.45) is 5.21. The summed E-state index contributed by atoms with van der Waals surface area (Å²) in [5, 5.41) is 12.8. The summed E-state index contributed by atoms with van der Waals surface area (Å²) in [6, 6.07) is 0. The van der Waals surface area contributed by atoms with Crippen molar-refractivity contribution in [3.8, 4) is 0 Å². The van der Waals surface area contributed by atoms with Crippen LogP contribution in [-0.4, -0.2) is 22.9 Å². The number of carbonyl (C=O) groups is 1. The van der Waals surface area contributed by atoms with Gasteiger partial charge in [-0.1, -0.05) is 31.2 Å². The van der Waals surface area contributed by atoms with Gasteiger partial charge in [-0.05, 0) is 5.92 Å². The molecule has 1 aliphatic rings. The summed E-state index contributed by atoms with van der Waals surface area (Å²) in [4.78, 5) is 15.9. The minimum absolute atomic E-state index is 0.285. The van der Waals surface area contributed by atoms with E-state index >= 15 is 0 Å². The van der Waals surface area contributed by atoms with Crippen LogP contribution in [0.25, 0.3) is 0 Å². The number of allylic oxidation sites excluding steroid dienone is 2. The zero-order valence-electron chi connectivity index (χ0n) is 9.14. The van der Waals surface area contributed by atoms with Crippen molar-refractivity contribution in [3.05, 3.63) is 12.2 Å². The summed E-state index contributed by atoms with van der Waals surface area (Å²) < 4.78 is 0. The fourth-order valence-electron chi connectivity index (χ4n) is 1.35. The predicted octanol–water partition coefficient (Wildman–Crippen LogP) is 2.21. The third-order valence-electron chi connectivity index (χ3n) is 2.14. The van der Waals surface area contributed by atoms with E-state index in [4.69, 9.17) is 9.94 Å². The molecular weight excluding hydrogens is 194 g/mol. The maximum atomic E-state index is 10.8. The highest BCUT2D eigenvalue weighted by Gasteiger charge is 2.20. The topological polar surface area (TPSA) is 58.9 Å². The van der Waals surface area contributed by atoms with Gasteiger partial charge >= 0.3 is 5.97 Å². The van der Waals surface area contributed by atoms with Gasteiger partial charge in [0.1, 0.15) is 0 Å². The van der Waals surface area contributed by atoms with Gasteiger partial charge in [-0.25, -0.2) is 4.79 Å². The SMILES string of the molecule is CC(C)CC(ON=C1CC=CC1)C(=O)O. The van der Waals surface area contributed by atoms with Crippen LogP contribution in [0.1, 0.15) is 33.1 Å². The van der Waals surface area contributed by atoms with Gasteiger partial charge in [-0.2, -0.15) is 0 Å². The molecule has 0 saturated carbocycles. The molecule has 0 spiro atoms. The van der Waals surface area contributed by atoms with Gasteiger partial charge in [0, 0.05) is 19.3 Å². The maximum Gasteiger partial charge on any atom is 0.347 e. The van der Waals surface area contributed by atoms with E-state index in [-0.39, 0.29) is 5.92 Å². The highest BCUT2D eigenvalue weighted by molar-refractivity contribution is 5.89. The van der Waals surface area contributed by atoms with E-state index < -0.39 is 12.1 Å². The lowest BCUT2D eigenvalue weighted by Gasteiger charge is -2.12. The minimum Gasteiger partial charge on any atom is -0.478 e. The number of carboxylic acid groups (broad SMARTS) is 1. The largest absolute Gasteiger partial charge is 0.478 e. The second-order valence-corrected chi connectivity index (χ2v) is 4.10. The van der Waals surface area contributed by atoms with Gasteiger partial charge in [0.2, 0.25) is 6.10 Å². The van der Waals surface area contributed by atoms with Crippen molar-refractivity contribution in [2.24, 2.45) is 11.1 Å². The molecule has 4 nitrogen and oxygen atoms in total. The van der Waals surface area contributed by atoms with Gasteiger partial charge in [0.05, 0.1) is 5.71 Å². The minimum atomic E-state index is -0.945. The number of aliphatic carboxylic acids is 1. The van der Waals surface area contributed by atoms with Gasteiger partial charge in [-0.15, -0.1) is 0 Å². The molecule has 1 atom stereocenters. The van der Waals surface area contributed by atoms with Crippen LogP contribution in [0.3, 0.4) is 0 Å². The molecule has 0 saturated heterocycles. The number of hydrogen-bond acceptors (Lipinski definition) is 3. The van der Waals surface area contributed by atoms with Crippen LogP contribution in [-0.2, 0) is 9.63 Å². The third-order valence-corrected chi connectivity index (χ3v) is 2.14. The molecule has 15 heavy (non-hydrogen) atoms. The van der Waals surface area contributed by atoms with Crippen LogP contribution in [0.5, 0.6) is 0 Å². The lowest BCUT2D eigenvalue weighted by atomic mass is 10.1. The molecule has 1 unspecified atom stereocenters. The van der Waals surface area contributed by atoms with Crippen molar-refractivity contribution in [2.45, 2.75) is 39.2 Å². The molecule has 1 N–H and O–H groups in total. The molecule has 0 fully saturated rings. The van der Waals surface area contributed by atoms with E-state index in [1.165, 1.54) is 0 Å². The Hall–Kier alpha value is -1.32. The molecule has 0 aliphatic heterocycles. The van der Waals surface area contributed by atoms with E-state index in [0.29, 0.717) is 6.42 Å². The van der Waals surface area contributed by atoms with Crippen molar-refractivity contribution in [3.63, 3.8) is 0 Å². The third kappa shape index (κ3) is 4.14. The Morgan fingerprint density at radius 2 is 2.13 bits per heavy atom. The van der Waals surface area contributed by atoms with Gasteiger partial charge in [-0.3, -0.25) is 0 Å². The van der Waals surface area contributed by atoms with Crippen molar-refractivity contribution >= 4 is 11.7 Å². The van der Waals surface area contributed by atoms with Crippen LogP contribution in [0.15, 0.2) is 17.3 Å². The number of hydrogen-bond donors (Lipinski definition) is 1. The Morgan fingerprint density at radius 3 is 2.60 bits per heavy atom. The number of nitrogens with zero attached hydrogens (tertiary/aromatic N) is 1. The Labute approximate surface area is 89.6 Å². The quantitative estimate of drug-likeness (QED) is 0.560. The molecule has 0 radical (unpaired) electrons. The van der Waals surface area contributed by atoms with Crippen LogP contribution >= 0.6 is 0 Å². The average molecular weight is 211 g/mol. The number of rotatable bonds is 5. The summed E-state index contributed by atoms with van der Waals surface area (Å²) in [5.41, 5.74) is 0.894. The fourth-order valence-corrected chi connectivity index (χ4v) is 1.35. The molecule has 0 aromatic rings. The van der Waals surface area contributed by atoms with Crippen LogP contribution in [0.4, 0.5) is 0 Å². The van der Waals surface area contributed by atoms with Gasteiger partial charge in [0.15, 0.2) is 0 Å². The second kappa shape index (κ2) is 5.53. The zero-order chi connectivity index (χ0) is 11.3. The van der Waals surface area contributed by atoms with Crippen LogP contribution in [0, 0.1) is 5.92 Å². The summed E-state index contributed by atoms with van der Waals surface area (Å²) in [6.45, 7) is 3.92. The number of carboxylic acids is 1. The van der Waals surface area contributed by atoms with E-state index in [2.05, 4.69) is 5.16 Å². The first-order valence-corrected chi connectivity index (χ1v) is 5.19. The molecule has 1 rings (SSSR count). The normalized spacial score (nSPS) is 16.9. The Kier molecular flexibility index (Phi) is 4.34. The summed E-state index contributed by atoms with van der Waals surface area (Å²) in [5.74, 6) is -0.660. The second-order valence-electron chi connectivity index (χ2n) is 4.10. The van der Waals surface area contributed by atoms with Gasteiger partial charge < -0.3 is 9.94 Å².